The van der Waals surface area contributed by atoms with Gasteiger partial charge in [-0.2, -0.15) is 4.31 Å². The molecule has 10 N–H and O–H groups in total. The number of carbonyl (C=O) groups excluding carboxylic acids is 3. The van der Waals surface area contributed by atoms with E-state index in [-0.39, 0.29) is 47.5 Å². The van der Waals surface area contributed by atoms with Crippen molar-refractivity contribution in [3.63, 3.8) is 0 Å². The fraction of sp³-hybridized carbons (Fsp3) is 0.724. The summed E-state index contributed by atoms with van der Waals surface area (Å²) in [5.41, 5.74) is 4.27. The van der Waals surface area contributed by atoms with Crippen LogP contribution in [0.4, 0.5) is 5.82 Å². The molecule has 0 bridgehead atoms. The van der Waals surface area contributed by atoms with Crippen LogP contribution in [-0.2, 0) is 50.7 Å². The Morgan fingerprint density at radius 2 is 1.67 bits per heavy atom. The molecule has 3 rings (SSSR count). The Balaban J connectivity index is 1.48. The minimum atomic E-state index is -5.57. The van der Waals surface area contributed by atoms with Crippen LogP contribution in [-0.4, -0.2) is 123 Å². The second kappa shape index (κ2) is 21.2. The summed E-state index contributed by atoms with van der Waals surface area (Å²) in [6.45, 7) is 4.58. The maximum Gasteiger partial charge on any atom is 0.481 e. The van der Waals surface area contributed by atoms with Crippen LogP contribution in [0.1, 0.15) is 66.0 Å². The van der Waals surface area contributed by atoms with E-state index in [1.165, 1.54) is 13.8 Å². The standard InChI is InChI=1S/C29H50N7O17P3S/c1-5-7-17(8-6-2)28(41)57-12-11-31-19(37)9-10-32-26(40)23(39)29(3,4)14-50-56(47,48)53-55(45,46)49-13-18-22(52-54(42,43)44)21(38)27(51-18)36-16-35-20-24(30)33-15-34-25(20)36/h15-18,21-23,27,38-39H,5-14H2,1-4H3,(H,31,37)(H,32,40)(H,45,46)(H,47,48)(H2,30,33,34)(H2,42,43,44). The third-order valence-electron chi connectivity index (χ3n) is 8.35. The Morgan fingerprint density at radius 3 is 2.30 bits per heavy atom. The first-order valence-corrected chi connectivity index (χ1v) is 23.1. The molecule has 1 saturated heterocycles. The van der Waals surface area contributed by atoms with Gasteiger partial charge in [-0.25, -0.2) is 28.6 Å². The lowest BCUT2D eigenvalue weighted by Gasteiger charge is -2.30. The van der Waals surface area contributed by atoms with E-state index in [0.29, 0.717) is 5.75 Å². The molecule has 0 saturated carbocycles. The number of aliphatic hydroxyl groups is 2. The molecule has 3 heterocycles. The predicted octanol–water partition coefficient (Wildman–Crippen LogP) is 0.881. The first-order chi connectivity index (χ1) is 26.5. The number of hydrogen-bond acceptors (Lipinski definition) is 18. The first kappa shape index (κ1) is 48.9. The van der Waals surface area contributed by atoms with Crippen molar-refractivity contribution in [3.05, 3.63) is 12.7 Å². The summed E-state index contributed by atoms with van der Waals surface area (Å²) in [6.07, 6.45) is -3.47. The first-order valence-electron chi connectivity index (χ1n) is 17.6. The second-order valence-corrected chi connectivity index (χ2v) is 18.8. The number of amides is 2. The molecular formula is C29H50N7O17P3S. The van der Waals surface area contributed by atoms with Crippen LogP contribution >= 0.6 is 35.2 Å². The van der Waals surface area contributed by atoms with Gasteiger partial charge in [0, 0.05) is 36.6 Å². The van der Waals surface area contributed by atoms with E-state index in [9.17, 15) is 57.9 Å². The van der Waals surface area contributed by atoms with Crippen LogP contribution in [0.15, 0.2) is 12.7 Å². The maximum atomic E-state index is 12.7. The van der Waals surface area contributed by atoms with Gasteiger partial charge in [0.05, 0.1) is 19.5 Å². The van der Waals surface area contributed by atoms with Crippen molar-refractivity contribution in [1.82, 2.24) is 30.2 Å². The number of nitrogen functional groups attached to an aromatic ring is 1. The van der Waals surface area contributed by atoms with Crippen molar-refractivity contribution in [3.8, 4) is 0 Å². The Labute approximate surface area is 331 Å². The number of carbonyl (C=O) groups is 3. The number of anilines is 1. The van der Waals surface area contributed by atoms with Crippen molar-refractivity contribution in [1.29, 1.82) is 0 Å². The van der Waals surface area contributed by atoms with Crippen molar-refractivity contribution in [2.45, 2.75) is 90.4 Å². The van der Waals surface area contributed by atoms with Gasteiger partial charge in [0.2, 0.25) is 11.8 Å². The van der Waals surface area contributed by atoms with Gasteiger partial charge in [0.25, 0.3) is 0 Å². The molecular weight excluding hydrogens is 843 g/mol. The number of aliphatic hydroxyl groups excluding tert-OH is 2. The maximum absolute atomic E-state index is 12.7. The molecule has 0 aliphatic carbocycles. The third-order valence-corrected chi connectivity index (χ3v) is 12.5. The van der Waals surface area contributed by atoms with E-state index in [1.807, 2.05) is 13.8 Å². The number of nitrogens with two attached hydrogens (primary N) is 1. The summed E-state index contributed by atoms with van der Waals surface area (Å²) in [7, 11) is -16.4. The van der Waals surface area contributed by atoms with E-state index in [2.05, 4.69) is 34.4 Å². The van der Waals surface area contributed by atoms with E-state index in [4.69, 9.17) is 19.5 Å². The number of fused-ring (bicyclic) bond motifs is 1. The molecule has 2 amide bonds. The summed E-state index contributed by atoms with van der Waals surface area (Å²) in [4.78, 5) is 88.2. The van der Waals surface area contributed by atoms with Gasteiger partial charge >= 0.3 is 23.5 Å². The molecule has 57 heavy (non-hydrogen) atoms. The number of rotatable bonds is 24. The van der Waals surface area contributed by atoms with Crippen LogP contribution in [0.2, 0.25) is 0 Å². The summed E-state index contributed by atoms with van der Waals surface area (Å²) < 4.78 is 62.2. The van der Waals surface area contributed by atoms with Crippen molar-refractivity contribution >= 4 is 69.1 Å². The lowest BCUT2D eigenvalue weighted by Crippen LogP contribution is -2.46. The molecule has 1 fully saturated rings. The van der Waals surface area contributed by atoms with Crippen LogP contribution < -0.4 is 16.4 Å². The fourth-order valence-electron chi connectivity index (χ4n) is 5.48. The molecule has 7 unspecified atom stereocenters. The fourth-order valence-corrected chi connectivity index (χ4v) is 9.18. The van der Waals surface area contributed by atoms with Crippen LogP contribution in [0.5, 0.6) is 0 Å². The predicted molar refractivity (Wildman–Crippen MR) is 200 cm³/mol. The molecule has 0 spiro atoms. The van der Waals surface area contributed by atoms with Gasteiger partial charge in [0.15, 0.2) is 22.8 Å². The van der Waals surface area contributed by atoms with Crippen LogP contribution in [0, 0.1) is 11.3 Å². The molecule has 0 radical (unpaired) electrons. The van der Waals surface area contributed by atoms with Crippen LogP contribution in [0.25, 0.3) is 11.2 Å². The average molecular weight is 894 g/mol. The van der Waals surface area contributed by atoms with Gasteiger partial charge in [-0.1, -0.05) is 52.3 Å². The zero-order valence-electron chi connectivity index (χ0n) is 31.5. The molecule has 2 aromatic rings. The van der Waals surface area contributed by atoms with Gasteiger partial charge in [-0.05, 0) is 12.8 Å². The number of aromatic nitrogens is 4. The summed E-state index contributed by atoms with van der Waals surface area (Å²) in [5, 5.41) is 26.6. The van der Waals surface area contributed by atoms with Crippen LogP contribution in [0.3, 0.4) is 0 Å². The number of imidazole rings is 1. The Bertz CT molecular complexity index is 1830. The average Bonchev–Trinajstić information content (AvgIpc) is 3.67. The monoisotopic (exact) mass is 893 g/mol. The lowest BCUT2D eigenvalue weighted by atomic mass is 9.87. The van der Waals surface area contributed by atoms with E-state index in [0.717, 1.165) is 54.7 Å². The zero-order chi connectivity index (χ0) is 42.8. The summed E-state index contributed by atoms with van der Waals surface area (Å²) >= 11 is 1.16. The van der Waals surface area contributed by atoms with E-state index in [1.54, 1.807) is 0 Å². The minimum Gasteiger partial charge on any atom is -0.386 e. The quantitative estimate of drug-likeness (QED) is 0.0521. The number of phosphoric ester groups is 3. The van der Waals surface area contributed by atoms with Gasteiger partial charge in [-0.15, -0.1) is 0 Å². The number of ether oxygens (including phenoxy) is 1. The number of nitrogens with one attached hydrogen (secondary N) is 2. The van der Waals surface area contributed by atoms with Gasteiger partial charge in [-0.3, -0.25) is 32.5 Å². The van der Waals surface area contributed by atoms with Crippen molar-refractivity contribution in [2.75, 3.05) is 37.8 Å². The number of hydrogen-bond donors (Lipinski definition) is 9. The molecule has 1 aliphatic heterocycles. The molecule has 7 atom stereocenters. The zero-order valence-corrected chi connectivity index (χ0v) is 35.0. The van der Waals surface area contributed by atoms with Gasteiger partial charge in [0.1, 0.15) is 36.3 Å². The van der Waals surface area contributed by atoms with E-state index >= 15 is 0 Å². The van der Waals surface area contributed by atoms with Crippen molar-refractivity contribution in [2.24, 2.45) is 11.3 Å². The number of thioether (sulfide) groups is 1. The Morgan fingerprint density at radius 1 is 1.02 bits per heavy atom. The molecule has 1 aliphatic rings. The topological polar surface area (TPSA) is 364 Å². The smallest absolute Gasteiger partial charge is 0.386 e. The highest BCUT2D eigenvalue weighted by molar-refractivity contribution is 8.13. The lowest BCUT2D eigenvalue weighted by molar-refractivity contribution is -0.137. The normalized spacial score (nSPS) is 21.6. The SMILES string of the molecule is CCCC(CCC)C(=O)SCCNC(=O)CCNC(=O)C(O)C(C)(C)COP(=O)(O)OP(=O)(O)OCC1OC(n2cnc3c(N)ncnc32)C(O)C1OP(=O)(O)O. The van der Waals surface area contributed by atoms with Gasteiger partial charge < -0.3 is 50.9 Å². The highest BCUT2D eigenvalue weighted by Gasteiger charge is 2.50. The summed E-state index contributed by atoms with van der Waals surface area (Å²) in [6, 6.07) is 0. The second-order valence-electron chi connectivity index (χ2n) is 13.5. The molecule has 24 nitrogen and oxygen atoms in total. The highest BCUT2D eigenvalue weighted by atomic mass is 32.2. The largest absolute Gasteiger partial charge is 0.481 e. The number of phosphoric acid groups is 3. The van der Waals surface area contributed by atoms with Crippen molar-refractivity contribution < 1.29 is 80.5 Å². The number of nitrogens with zero attached hydrogens (tertiary/aromatic N) is 4. The summed E-state index contributed by atoms with van der Waals surface area (Å²) in [5.74, 6) is -1.06. The third kappa shape index (κ3) is 15.0. The minimum absolute atomic E-state index is 0.0160. The highest BCUT2D eigenvalue weighted by Crippen LogP contribution is 2.61. The Hall–Kier alpha value is -2.44. The van der Waals surface area contributed by atoms with E-state index < -0.39 is 84.6 Å². The molecule has 28 heteroatoms. The molecule has 324 valence electrons. The molecule has 0 aromatic carbocycles. The molecule has 2 aromatic heterocycles. The Kier molecular flexibility index (Phi) is 18.2.